The van der Waals surface area contributed by atoms with E-state index < -0.39 is 11.7 Å². The number of carbonyl (C=O) groups excluding carboxylic acids is 2. The van der Waals surface area contributed by atoms with Gasteiger partial charge in [0.2, 0.25) is 5.91 Å². The summed E-state index contributed by atoms with van der Waals surface area (Å²) in [6, 6.07) is 4.36. The predicted octanol–water partition coefficient (Wildman–Crippen LogP) is 3.00. The molecule has 0 atom stereocenters. The highest BCUT2D eigenvalue weighted by Crippen LogP contribution is 2.40. The first kappa shape index (κ1) is 17.4. The summed E-state index contributed by atoms with van der Waals surface area (Å²) in [5, 5.41) is 1.37. The van der Waals surface area contributed by atoms with Gasteiger partial charge in [0, 0.05) is 17.8 Å². The van der Waals surface area contributed by atoms with Gasteiger partial charge in [-0.05, 0) is 31.0 Å². The van der Waals surface area contributed by atoms with E-state index in [2.05, 4.69) is 0 Å². The second-order valence-corrected chi connectivity index (χ2v) is 6.50. The van der Waals surface area contributed by atoms with Crippen LogP contribution in [0.25, 0.3) is 10.9 Å². The number of halogens is 1. The number of anilines is 1. The van der Waals surface area contributed by atoms with Gasteiger partial charge in [0.25, 0.3) is 5.91 Å². The molecule has 0 bridgehead atoms. The highest BCUT2D eigenvalue weighted by atomic mass is 19.1. The summed E-state index contributed by atoms with van der Waals surface area (Å²) in [7, 11) is 0. The highest BCUT2D eigenvalue weighted by Gasteiger charge is 2.30. The number of aromatic nitrogens is 1. The van der Waals surface area contributed by atoms with E-state index in [4.69, 9.17) is 11.6 Å². The summed E-state index contributed by atoms with van der Waals surface area (Å²) in [6.45, 7) is 1.67. The molecule has 0 saturated heterocycles. The molecule has 2 amide bonds. The zero-order chi connectivity index (χ0) is 18.1. The number of hydrogen-bond acceptors (Lipinski definition) is 3. The van der Waals surface area contributed by atoms with Gasteiger partial charge in [-0.15, -0.1) is 0 Å². The summed E-state index contributed by atoms with van der Waals surface area (Å²) in [5.74, 6) is 4.50. The Hall–Kier alpha value is -2.41. The van der Waals surface area contributed by atoms with Crippen molar-refractivity contribution in [3.05, 3.63) is 29.7 Å². The van der Waals surface area contributed by atoms with E-state index in [-0.39, 0.29) is 29.8 Å². The molecule has 134 valence electrons. The number of nitrogens with two attached hydrogens (primary N) is 2. The van der Waals surface area contributed by atoms with Crippen LogP contribution in [0, 0.1) is 5.82 Å². The molecular formula is C18H23FN4O2. The van der Waals surface area contributed by atoms with Crippen LogP contribution in [0.3, 0.4) is 0 Å². The van der Waals surface area contributed by atoms with Gasteiger partial charge in [0.15, 0.2) is 0 Å². The lowest BCUT2D eigenvalue weighted by Gasteiger charge is -2.26. The maximum Gasteiger partial charge on any atom is 0.267 e. The van der Waals surface area contributed by atoms with Crippen LogP contribution in [-0.4, -0.2) is 16.4 Å². The van der Waals surface area contributed by atoms with E-state index in [1.165, 1.54) is 12.1 Å². The second kappa shape index (κ2) is 6.84. The zero-order valence-electron chi connectivity index (χ0n) is 14.3. The molecule has 0 spiro atoms. The summed E-state index contributed by atoms with van der Waals surface area (Å²) < 4.78 is 15.7. The molecule has 0 aliphatic heterocycles. The number of fused-ring (bicyclic) bond motifs is 1. The number of amides is 2. The normalized spacial score (nSPS) is 15.5. The van der Waals surface area contributed by atoms with Gasteiger partial charge >= 0.3 is 0 Å². The van der Waals surface area contributed by atoms with Crippen LogP contribution >= 0.6 is 0 Å². The fourth-order valence-electron chi connectivity index (χ4n) is 3.76. The van der Waals surface area contributed by atoms with E-state index in [0.717, 1.165) is 37.1 Å². The van der Waals surface area contributed by atoms with Gasteiger partial charge in [-0.3, -0.25) is 9.59 Å². The summed E-state index contributed by atoms with van der Waals surface area (Å²) in [6.07, 6.45) is 5.25. The molecule has 1 aromatic carbocycles. The Morgan fingerprint density at radius 1 is 1.28 bits per heavy atom. The second-order valence-electron chi connectivity index (χ2n) is 6.50. The highest BCUT2D eigenvalue weighted by molar-refractivity contribution is 6.13. The van der Waals surface area contributed by atoms with Crippen molar-refractivity contribution in [3.8, 4) is 0 Å². The van der Waals surface area contributed by atoms with E-state index >= 15 is 0 Å². The minimum atomic E-state index is -0.670. The molecule has 1 aliphatic rings. The van der Waals surface area contributed by atoms with Crippen LogP contribution in [0.15, 0.2) is 18.2 Å². The SMILES string of the molecule is CCC(=O)N(N)c1c(C(N)=O)n(C2CCCCC2)c2ccc(F)cc12. The molecule has 1 saturated carbocycles. The molecule has 1 aliphatic carbocycles. The van der Waals surface area contributed by atoms with Crippen LogP contribution < -0.4 is 16.6 Å². The van der Waals surface area contributed by atoms with Crippen molar-refractivity contribution >= 4 is 28.4 Å². The average molecular weight is 346 g/mol. The first-order chi connectivity index (χ1) is 12.0. The van der Waals surface area contributed by atoms with Crippen LogP contribution in [0.1, 0.15) is 62.0 Å². The average Bonchev–Trinajstić information content (AvgIpc) is 2.95. The molecule has 2 aromatic rings. The first-order valence-corrected chi connectivity index (χ1v) is 8.66. The zero-order valence-corrected chi connectivity index (χ0v) is 14.3. The molecule has 3 rings (SSSR count). The van der Waals surface area contributed by atoms with E-state index in [0.29, 0.717) is 10.9 Å². The standard InChI is InChI=1S/C18H23FN4O2/c1-2-15(24)23(21)16-13-10-11(19)8-9-14(13)22(17(16)18(20)25)12-6-4-3-5-7-12/h8-10,12H,2-7,21H2,1H3,(H2,20,25). The Kier molecular flexibility index (Phi) is 4.76. The van der Waals surface area contributed by atoms with Gasteiger partial charge in [0.05, 0.1) is 11.2 Å². The van der Waals surface area contributed by atoms with Crippen LogP contribution in [0.5, 0.6) is 0 Å². The fraction of sp³-hybridized carbons (Fsp3) is 0.444. The Morgan fingerprint density at radius 2 is 1.96 bits per heavy atom. The Balaban J connectivity index is 2.32. The fourth-order valence-corrected chi connectivity index (χ4v) is 3.76. The van der Waals surface area contributed by atoms with E-state index in [9.17, 15) is 14.0 Å². The van der Waals surface area contributed by atoms with Gasteiger partial charge in [0.1, 0.15) is 11.5 Å². The van der Waals surface area contributed by atoms with Crippen LogP contribution in [0.4, 0.5) is 10.1 Å². The third-order valence-corrected chi connectivity index (χ3v) is 4.92. The maximum atomic E-state index is 13.9. The van der Waals surface area contributed by atoms with Crippen molar-refractivity contribution in [3.63, 3.8) is 0 Å². The number of benzene rings is 1. The lowest BCUT2D eigenvalue weighted by atomic mass is 9.95. The van der Waals surface area contributed by atoms with Gasteiger partial charge in [-0.25, -0.2) is 15.2 Å². The number of nitrogens with zero attached hydrogens (tertiary/aromatic N) is 2. The van der Waals surface area contributed by atoms with Crippen molar-refractivity contribution in [2.24, 2.45) is 11.6 Å². The van der Waals surface area contributed by atoms with Gasteiger partial charge in [-0.2, -0.15) is 0 Å². The molecule has 7 heteroatoms. The molecular weight excluding hydrogens is 323 g/mol. The Morgan fingerprint density at radius 3 is 2.56 bits per heavy atom. The van der Waals surface area contributed by atoms with Crippen LogP contribution in [0.2, 0.25) is 0 Å². The number of primary amides is 1. The smallest absolute Gasteiger partial charge is 0.267 e. The van der Waals surface area contributed by atoms with Crippen molar-refractivity contribution < 1.29 is 14.0 Å². The number of hydrazine groups is 1. The van der Waals surface area contributed by atoms with Crippen molar-refractivity contribution in [1.82, 2.24) is 4.57 Å². The number of rotatable bonds is 4. The quantitative estimate of drug-likeness (QED) is 0.506. The van der Waals surface area contributed by atoms with Crippen molar-refractivity contribution in [2.45, 2.75) is 51.5 Å². The molecule has 1 heterocycles. The Labute approximate surface area is 145 Å². The lowest BCUT2D eigenvalue weighted by molar-refractivity contribution is -0.118. The molecule has 4 N–H and O–H groups in total. The molecule has 1 aromatic heterocycles. The molecule has 25 heavy (non-hydrogen) atoms. The molecule has 6 nitrogen and oxygen atoms in total. The van der Waals surface area contributed by atoms with Gasteiger partial charge < -0.3 is 10.3 Å². The van der Waals surface area contributed by atoms with E-state index in [1.807, 2.05) is 4.57 Å². The third-order valence-electron chi connectivity index (χ3n) is 4.92. The molecule has 1 fully saturated rings. The minimum absolute atomic E-state index is 0.0862. The van der Waals surface area contributed by atoms with Crippen molar-refractivity contribution in [2.75, 3.05) is 5.01 Å². The van der Waals surface area contributed by atoms with Crippen LogP contribution in [-0.2, 0) is 4.79 Å². The number of hydrogen-bond donors (Lipinski definition) is 2. The topological polar surface area (TPSA) is 94.3 Å². The third kappa shape index (κ3) is 3.00. The van der Waals surface area contributed by atoms with E-state index in [1.54, 1.807) is 13.0 Å². The lowest BCUT2D eigenvalue weighted by Crippen LogP contribution is -2.38. The summed E-state index contributed by atoms with van der Waals surface area (Å²) in [5.41, 5.74) is 6.71. The number of carbonyl (C=O) groups is 2. The molecule has 0 unspecified atom stereocenters. The summed E-state index contributed by atoms with van der Waals surface area (Å²) >= 11 is 0. The van der Waals surface area contributed by atoms with Crippen molar-refractivity contribution in [1.29, 1.82) is 0 Å². The Bertz CT molecular complexity index is 824. The molecule has 0 radical (unpaired) electrons. The minimum Gasteiger partial charge on any atom is -0.364 e. The van der Waals surface area contributed by atoms with Gasteiger partial charge in [-0.1, -0.05) is 26.2 Å². The first-order valence-electron chi connectivity index (χ1n) is 8.66. The monoisotopic (exact) mass is 346 g/mol. The maximum absolute atomic E-state index is 13.9. The largest absolute Gasteiger partial charge is 0.364 e. The summed E-state index contributed by atoms with van der Waals surface area (Å²) in [4.78, 5) is 24.4. The predicted molar refractivity (Wildman–Crippen MR) is 94.5 cm³/mol.